The summed E-state index contributed by atoms with van der Waals surface area (Å²) in [5.74, 6) is 1.47. The van der Waals surface area contributed by atoms with Crippen LogP contribution in [0.1, 0.15) is 48.0 Å². The molecule has 0 heterocycles. The minimum absolute atomic E-state index is 0.132. The smallest absolute Gasteiger partial charge is 0.137 e. The molecule has 0 spiro atoms. The van der Waals surface area contributed by atoms with E-state index in [1.165, 1.54) is 0 Å². The first-order valence-electron chi connectivity index (χ1n) is 6.31. The largest absolute Gasteiger partial charge is 0.495 e. The van der Waals surface area contributed by atoms with Gasteiger partial charge in [-0.2, -0.15) is 0 Å². The van der Waals surface area contributed by atoms with Crippen LogP contribution in [0.25, 0.3) is 0 Å². The van der Waals surface area contributed by atoms with Gasteiger partial charge in [0.1, 0.15) is 13.6 Å². The molecule has 0 unspecified atom stereocenters. The average Bonchev–Trinajstić information content (AvgIpc) is 1.98. The minimum Gasteiger partial charge on any atom is -0.495 e. The number of ether oxygens (including phenoxy) is 1. The third-order valence-electron chi connectivity index (χ3n) is 2.42. The van der Waals surface area contributed by atoms with Crippen molar-refractivity contribution in [3.63, 3.8) is 0 Å². The van der Waals surface area contributed by atoms with Gasteiger partial charge in [0, 0.05) is 11.5 Å². The third kappa shape index (κ3) is 5.59. The van der Waals surface area contributed by atoms with Crippen LogP contribution in [-0.4, -0.2) is 25.4 Å². The van der Waals surface area contributed by atoms with Gasteiger partial charge in [-0.25, -0.2) is 0 Å². The van der Waals surface area contributed by atoms with Gasteiger partial charge in [0.25, 0.3) is 0 Å². The molecular weight excluding hydrogens is 197 g/mol. The number of nitrogens with one attached hydrogen (secondary N) is 1. The average molecular weight is 225 g/mol. The van der Waals surface area contributed by atoms with Crippen molar-refractivity contribution >= 4 is 7.85 Å². The Morgan fingerprint density at radius 1 is 1.25 bits per heavy atom. The standard InChI is InChI=1S/C13H28BNO/c1-9(2)8-13(14,15-10(3)4)12(7)16-11(5)6/h9-11,15H,7-8,14H2,1-6H3/t13-/m0/s1. The minimum atomic E-state index is -0.132. The van der Waals surface area contributed by atoms with E-state index in [1.807, 2.05) is 13.8 Å². The summed E-state index contributed by atoms with van der Waals surface area (Å²) in [5, 5.41) is 3.57. The van der Waals surface area contributed by atoms with Gasteiger partial charge in [0.05, 0.1) is 6.10 Å². The van der Waals surface area contributed by atoms with E-state index in [0.29, 0.717) is 12.0 Å². The number of rotatable bonds is 7. The molecule has 0 amide bonds. The quantitative estimate of drug-likeness (QED) is 0.530. The van der Waals surface area contributed by atoms with Crippen LogP contribution in [0.2, 0.25) is 0 Å². The lowest BCUT2D eigenvalue weighted by Crippen LogP contribution is -2.52. The summed E-state index contributed by atoms with van der Waals surface area (Å²) in [5.41, 5.74) is -0.132. The molecule has 1 N–H and O–H groups in total. The van der Waals surface area contributed by atoms with Gasteiger partial charge < -0.3 is 10.1 Å². The van der Waals surface area contributed by atoms with Crippen LogP contribution >= 0.6 is 0 Å². The van der Waals surface area contributed by atoms with E-state index >= 15 is 0 Å². The summed E-state index contributed by atoms with van der Waals surface area (Å²) in [7, 11) is 2.18. The highest BCUT2D eigenvalue weighted by atomic mass is 16.5. The topological polar surface area (TPSA) is 21.3 Å². The summed E-state index contributed by atoms with van der Waals surface area (Å²) in [6.07, 6.45) is 1.23. The van der Waals surface area contributed by atoms with Crippen LogP contribution in [0.3, 0.4) is 0 Å². The van der Waals surface area contributed by atoms with E-state index in [-0.39, 0.29) is 11.5 Å². The zero-order chi connectivity index (χ0) is 12.9. The number of hydrogen-bond acceptors (Lipinski definition) is 2. The molecule has 3 heteroatoms. The van der Waals surface area contributed by atoms with E-state index in [2.05, 4.69) is 47.4 Å². The molecule has 2 nitrogen and oxygen atoms in total. The van der Waals surface area contributed by atoms with Crippen molar-refractivity contribution in [1.82, 2.24) is 5.32 Å². The molecule has 0 bridgehead atoms. The van der Waals surface area contributed by atoms with Crippen molar-refractivity contribution < 1.29 is 4.74 Å². The van der Waals surface area contributed by atoms with Crippen LogP contribution in [-0.2, 0) is 4.74 Å². The first kappa shape index (κ1) is 15.6. The van der Waals surface area contributed by atoms with Crippen molar-refractivity contribution in [2.45, 2.75) is 65.5 Å². The Balaban J connectivity index is 4.69. The molecule has 0 aliphatic rings. The highest BCUT2D eigenvalue weighted by Gasteiger charge is 2.30. The predicted octanol–water partition coefficient (Wildman–Crippen LogP) is 2.30. The molecule has 1 atom stereocenters. The lowest BCUT2D eigenvalue weighted by molar-refractivity contribution is 0.112. The second-order valence-corrected chi connectivity index (χ2v) is 5.82. The van der Waals surface area contributed by atoms with Gasteiger partial charge in [-0.1, -0.05) is 34.3 Å². The molecule has 0 aromatic rings. The fourth-order valence-corrected chi connectivity index (χ4v) is 2.12. The van der Waals surface area contributed by atoms with Crippen molar-refractivity contribution in [2.75, 3.05) is 0 Å². The lowest BCUT2D eigenvalue weighted by atomic mass is 9.70. The normalized spacial score (nSPS) is 15.6. The monoisotopic (exact) mass is 225 g/mol. The highest BCUT2D eigenvalue weighted by molar-refractivity contribution is 6.17. The van der Waals surface area contributed by atoms with Crippen LogP contribution in [0, 0.1) is 5.92 Å². The molecule has 0 aliphatic carbocycles. The van der Waals surface area contributed by atoms with Crippen LogP contribution < -0.4 is 5.32 Å². The first-order valence-corrected chi connectivity index (χ1v) is 6.31. The van der Waals surface area contributed by atoms with Crippen molar-refractivity contribution in [3.8, 4) is 0 Å². The van der Waals surface area contributed by atoms with Gasteiger partial charge in [-0.05, 0) is 26.2 Å². The van der Waals surface area contributed by atoms with Gasteiger partial charge in [-0.15, -0.1) is 0 Å². The van der Waals surface area contributed by atoms with E-state index in [4.69, 9.17) is 4.74 Å². The molecule has 0 aromatic carbocycles. The Morgan fingerprint density at radius 2 is 1.75 bits per heavy atom. The Bertz CT molecular complexity index is 214. The summed E-state index contributed by atoms with van der Waals surface area (Å²) in [6.45, 7) is 16.9. The maximum Gasteiger partial charge on any atom is 0.137 e. The molecule has 0 saturated heterocycles. The Kier molecular flexibility index (Phi) is 6.16. The number of hydrogen-bond donors (Lipinski definition) is 1. The highest BCUT2D eigenvalue weighted by Crippen LogP contribution is 2.23. The zero-order valence-corrected chi connectivity index (χ0v) is 12.1. The van der Waals surface area contributed by atoms with Crippen molar-refractivity contribution in [2.24, 2.45) is 5.92 Å². The van der Waals surface area contributed by atoms with Crippen molar-refractivity contribution in [3.05, 3.63) is 12.3 Å². The maximum atomic E-state index is 5.76. The van der Waals surface area contributed by atoms with Gasteiger partial charge in [0.2, 0.25) is 0 Å². The van der Waals surface area contributed by atoms with Gasteiger partial charge >= 0.3 is 0 Å². The summed E-state index contributed by atoms with van der Waals surface area (Å²) in [6, 6.07) is 0.427. The lowest BCUT2D eigenvalue weighted by Gasteiger charge is -2.37. The molecule has 0 fully saturated rings. The van der Waals surface area contributed by atoms with Crippen LogP contribution in [0.4, 0.5) is 0 Å². The van der Waals surface area contributed by atoms with Crippen LogP contribution in [0.5, 0.6) is 0 Å². The fourth-order valence-electron chi connectivity index (χ4n) is 2.12. The van der Waals surface area contributed by atoms with Gasteiger partial charge in [-0.3, -0.25) is 0 Å². The van der Waals surface area contributed by atoms with E-state index < -0.39 is 0 Å². The van der Waals surface area contributed by atoms with E-state index in [0.717, 1.165) is 12.2 Å². The second-order valence-electron chi connectivity index (χ2n) is 5.82. The van der Waals surface area contributed by atoms with E-state index in [1.54, 1.807) is 0 Å². The molecule has 16 heavy (non-hydrogen) atoms. The van der Waals surface area contributed by atoms with Crippen LogP contribution in [0.15, 0.2) is 12.3 Å². The molecule has 0 saturated carbocycles. The molecule has 94 valence electrons. The summed E-state index contributed by atoms with van der Waals surface area (Å²) < 4.78 is 5.76. The van der Waals surface area contributed by atoms with Gasteiger partial charge in [0.15, 0.2) is 0 Å². The molecule has 0 aliphatic heterocycles. The Labute approximate surface area is 102 Å². The SMILES string of the molecule is B[C@@](CC(C)C)(NC(C)C)C(=C)OC(C)C. The Morgan fingerprint density at radius 3 is 2.06 bits per heavy atom. The molecule has 0 radical (unpaired) electrons. The first-order chi connectivity index (χ1) is 7.17. The summed E-state index contributed by atoms with van der Waals surface area (Å²) >= 11 is 0. The fraction of sp³-hybridized carbons (Fsp3) is 0.846. The second kappa shape index (κ2) is 6.34. The van der Waals surface area contributed by atoms with Crippen molar-refractivity contribution in [1.29, 1.82) is 0 Å². The maximum absolute atomic E-state index is 5.76. The predicted molar refractivity (Wildman–Crippen MR) is 74.4 cm³/mol. The third-order valence-corrected chi connectivity index (χ3v) is 2.42. The molecular formula is C13H28BNO. The molecule has 0 aromatic heterocycles. The van der Waals surface area contributed by atoms with E-state index in [9.17, 15) is 0 Å². The summed E-state index contributed by atoms with van der Waals surface area (Å²) in [4.78, 5) is 0. The molecule has 0 rings (SSSR count). The Hall–Kier alpha value is -0.435. The zero-order valence-electron chi connectivity index (χ0n) is 12.1.